The van der Waals surface area contributed by atoms with Gasteiger partial charge in [-0.25, -0.2) is 4.79 Å². The number of aryl methyl sites for hydroxylation is 2. The Morgan fingerprint density at radius 3 is 2.72 bits per heavy atom. The second-order valence-electron chi connectivity index (χ2n) is 9.10. The molecule has 156 valence electrons. The Hall–Kier alpha value is -2.50. The molecule has 1 saturated heterocycles. The highest BCUT2D eigenvalue weighted by atomic mass is 16.6. The van der Waals surface area contributed by atoms with Gasteiger partial charge in [0.15, 0.2) is 0 Å². The number of hydrogen-bond acceptors (Lipinski definition) is 4. The summed E-state index contributed by atoms with van der Waals surface area (Å²) in [6, 6.07) is 5.31. The van der Waals surface area contributed by atoms with Crippen LogP contribution in [0.1, 0.15) is 64.2 Å². The molecule has 1 aromatic carbocycles. The second-order valence-corrected chi connectivity index (χ2v) is 9.10. The third-order valence-electron chi connectivity index (χ3n) is 5.66. The topological polar surface area (TPSA) is 71.8 Å². The van der Waals surface area contributed by atoms with Crippen molar-refractivity contribution in [3.8, 4) is 0 Å². The molecule has 1 fully saturated rings. The first-order chi connectivity index (χ1) is 13.8. The van der Waals surface area contributed by atoms with Crippen LogP contribution in [0.3, 0.4) is 0 Å². The smallest absolute Gasteiger partial charge is 0.410 e. The zero-order chi connectivity index (χ0) is 20.6. The fraction of sp³-hybridized carbons (Fsp3) is 0.565. The summed E-state index contributed by atoms with van der Waals surface area (Å²) in [5.74, 6) is 0.926. The lowest BCUT2D eigenvalue weighted by Crippen LogP contribution is -2.45. The number of rotatable bonds is 2. The summed E-state index contributed by atoms with van der Waals surface area (Å²) in [5, 5.41) is 4.10. The number of fused-ring (bicyclic) bond motifs is 3. The molecule has 1 N–H and O–H groups in total. The molecule has 2 aliphatic rings. The molecule has 2 aromatic rings. The summed E-state index contributed by atoms with van der Waals surface area (Å²) < 4.78 is 11.5. The average Bonchev–Trinajstić information content (AvgIpc) is 3.19. The van der Waals surface area contributed by atoms with Crippen molar-refractivity contribution in [1.29, 1.82) is 0 Å². The van der Waals surface area contributed by atoms with Crippen molar-refractivity contribution in [3.05, 3.63) is 29.5 Å². The van der Waals surface area contributed by atoms with E-state index in [0.29, 0.717) is 13.0 Å². The number of ether oxygens (including phenoxy) is 1. The predicted molar refractivity (Wildman–Crippen MR) is 112 cm³/mol. The zero-order valence-corrected chi connectivity index (χ0v) is 17.5. The van der Waals surface area contributed by atoms with Crippen molar-refractivity contribution in [2.45, 2.75) is 77.4 Å². The van der Waals surface area contributed by atoms with E-state index in [4.69, 9.17) is 9.15 Å². The van der Waals surface area contributed by atoms with Crippen molar-refractivity contribution in [1.82, 2.24) is 4.90 Å². The van der Waals surface area contributed by atoms with Gasteiger partial charge in [-0.3, -0.25) is 9.69 Å². The average molecular weight is 399 g/mol. The van der Waals surface area contributed by atoms with E-state index in [1.807, 2.05) is 39.0 Å². The van der Waals surface area contributed by atoms with Gasteiger partial charge in [-0.15, -0.1) is 0 Å². The van der Waals surface area contributed by atoms with Gasteiger partial charge in [0.1, 0.15) is 23.0 Å². The molecule has 0 bridgehead atoms. The first-order valence-corrected chi connectivity index (χ1v) is 10.7. The van der Waals surface area contributed by atoms with Gasteiger partial charge < -0.3 is 14.5 Å². The van der Waals surface area contributed by atoms with Crippen molar-refractivity contribution in [3.63, 3.8) is 0 Å². The Kier molecular flexibility index (Phi) is 5.28. The molecular weight excluding hydrogens is 368 g/mol. The van der Waals surface area contributed by atoms with E-state index in [1.165, 1.54) is 24.8 Å². The normalized spacial score (nSPS) is 19.7. The largest absolute Gasteiger partial charge is 0.461 e. The minimum Gasteiger partial charge on any atom is -0.461 e. The van der Waals surface area contributed by atoms with Crippen LogP contribution in [0.5, 0.6) is 0 Å². The van der Waals surface area contributed by atoms with E-state index in [1.54, 1.807) is 4.90 Å². The molecule has 2 amide bonds. The number of likely N-dealkylation sites (tertiary alicyclic amines) is 1. The van der Waals surface area contributed by atoms with Gasteiger partial charge in [0, 0.05) is 29.6 Å². The summed E-state index contributed by atoms with van der Waals surface area (Å²) in [6.45, 7) is 6.04. The van der Waals surface area contributed by atoms with Gasteiger partial charge in [0.25, 0.3) is 0 Å². The Morgan fingerprint density at radius 2 is 1.93 bits per heavy atom. The van der Waals surface area contributed by atoms with Crippen molar-refractivity contribution < 1.29 is 18.7 Å². The maximum absolute atomic E-state index is 12.9. The quantitative estimate of drug-likeness (QED) is 0.720. The molecule has 0 saturated carbocycles. The highest BCUT2D eigenvalue weighted by Crippen LogP contribution is 2.33. The van der Waals surface area contributed by atoms with Crippen LogP contribution in [0.4, 0.5) is 10.5 Å². The minimum absolute atomic E-state index is 0.165. The van der Waals surface area contributed by atoms with E-state index >= 15 is 0 Å². The third-order valence-corrected chi connectivity index (χ3v) is 5.66. The third kappa shape index (κ3) is 4.26. The molecule has 29 heavy (non-hydrogen) atoms. The van der Waals surface area contributed by atoms with Gasteiger partial charge in [0.05, 0.1) is 0 Å². The van der Waals surface area contributed by atoms with Crippen molar-refractivity contribution >= 4 is 28.7 Å². The number of nitrogens with zero attached hydrogens (tertiary/aromatic N) is 1. The van der Waals surface area contributed by atoms with Gasteiger partial charge in [-0.05, 0) is 71.1 Å². The summed E-state index contributed by atoms with van der Waals surface area (Å²) in [6.07, 6.45) is 6.59. The van der Waals surface area contributed by atoms with Gasteiger partial charge in [-0.1, -0.05) is 6.42 Å². The first kappa shape index (κ1) is 19.8. The van der Waals surface area contributed by atoms with Gasteiger partial charge >= 0.3 is 6.09 Å². The maximum Gasteiger partial charge on any atom is 0.410 e. The standard InChI is InChI=1S/C23H30N2O4/c1-23(2,3)29-22(27)25-13-7-9-18(25)21(26)24-15-11-12-20-17(14-15)16-8-5-4-6-10-19(16)28-20/h11-12,14,18H,4-10,13H2,1-3H3,(H,24,26)/t18-/m0/s1. The van der Waals surface area contributed by atoms with Crippen LogP contribution < -0.4 is 5.32 Å². The summed E-state index contributed by atoms with van der Waals surface area (Å²) in [7, 11) is 0. The van der Waals surface area contributed by atoms with E-state index in [2.05, 4.69) is 5.32 Å². The summed E-state index contributed by atoms with van der Waals surface area (Å²) in [5.41, 5.74) is 2.33. The number of furan rings is 1. The molecule has 6 nitrogen and oxygen atoms in total. The molecule has 1 aromatic heterocycles. The molecule has 1 aliphatic heterocycles. The SMILES string of the molecule is CC(C)(C)OC(=O)N1CCC[C@H]1C(=O)Nc1ccc2oc3c(c2c1)CCCCC3. The minimum atomic E-state index is -0.579. The highest BCUT2D eigenvalue weighted by Gasteiger charge is 2.36. The Labute approximate surface area is 171 Å². The number of anilines is 1. The second kappa shape index (κ2) is 7.73. The fourth-order valence-corrected chi connectivity index (χ4v) is 4.32. The number of benzene rings is 1. The summed E-state index contributed by atoms with van der Waals surface area (Å²) in [4.78, 5) is 26.9. The number of hydrogen-bond donors (Lipinski definition) is 1. The van der Waals surface area contributed by atoms with Crippen LogP contribution in [-0.4, -0.2) is 35.1 Å². The van der Waals surface area contributed by atoms with Crippen LogP contribution in [0, 0.1) is 0 Å². The molecule has 0 unspecified atom stereocenters. The van der Waals surface area contributed by atoms with Crippen LogP contribution in [-0.2, 0) is 22.4 Å². The zero-order valence-electron chi connectivity index (χ0n) is 17.5. The van der Waals surface area contributed by atoms with E-state index in [9.17, 15) is 9.59 Å². The molecular formula is C23H30N2O4. The Bertz CT molecular complexity index is 925. The van der Waals surface area contributed by atoms with E-state index in [0.717, 1.165) is 41.7 Å². The van der Waals surface area contributed by atoms with Gasteiger partial charge in [-0.2, -0.15) is 0 Å². The van der Waals surface area contributed by atoms with E-state index < -0.39 is 17.7 Å². The molecule has 6 heteroatoms. The molecule has 1 atom stereocenters. The Balaban J connectivity index is 1.51. The molecule has 4 rings (SSSR count). The van der Waals surface area contributed by atoms with Crippen LogP contribution in [0.2, 0.25) is 0 Å². The lowest BCUT2D eigenvalue weighted by atomic mass is 10.1. The molecule has 0 spiro atoms. The maximum atomic E-state index is 12.9. The molecule has 0 radical (unpaired) electrons. The number of carbonyl (C=O) groups is 2. The predicted octanol–water partition coefficient (Wildman–Crippen LogP) is 5.04. The number of nitrogens with one attached hydrogen (secondary N) is 1. The van der Waals surface area contributed by atoms with Crippen LogP contribution in [0.15, 0.2) is 22.6 Å². The van der Waals surface area contributed by atoms with E-state index in [-0.39, 0.29) is 5.91 Å². The van der Waals surface area contributed by atoms with Crippen LogP contribution in [0.25, 0.3) is 11.0 Å². The van der Waals surface area contributed by atoms with Crippen LogP contribution >= 0.6 is 0 Å². The molecule has 1 aliphatic carbocycles. The lowest BCUT2D eigenvalue weighted by Gasteiger charge is -2.28. The number of amides is 2. The highest BCUT2D eigenvalue weighted by molar-refractivity contribution is 5.98. The van der Waals surface area contributed by atoms with Crippen molar-refractivity contribution in [2.75, 3.05) is 11.9 Å². The lowest BCUT2D eigenvalue weighted by molar-refractivity contribution is -0.120. The summed E-state index contributed by atoms with van der Waals surface area (Å²) >= 11 is 0. The van der Waals surface area contributed by atoms with Crippen molar-refractivity contribution in [2.24, 2.45) is 0 Å². The first-order valence-electron chi connectivity index (χ1n) is 10.7. The van der Waals surface area contributed by atoms with Gasteiger partial charge in [0.2, 0.25) is 5.91 Å². The Morgan fingerprint density at radius 1 is 1.14 bits per heavy atom. The molecule has 2 heterocycles. The number of carbonyl (C=O) groups excluding carboxylic acids is 2. The monoisotopic (exact) mass is 398 g/mol. The fourth-order valence-electron chi connectivity index (χ4n) is 4.32.